The predicted molar refractivity (Wildman–Crippen MR) is 103 cm³/mol. The molecule has 0 bridgehead atoms. The fourth-order valence-electron chi connectivity index (χ4n) is 3.32. The Labute approximate surface area is 158 Å². The van der Waals surface area contributed by atoms with Gasteiger partial charge in [0.1, 0.15) is 0 Å². The summed E-state index contributed by atoms with van der Waals surface area (Å²) in [7, 11) is 0. The molecule has 1 saturated heterocycles. The van der Waals surface area contributed by atoms with E-state index in [1.54, 1.807) is 0 Å². The highest BCUT2D eigenvalue weighted by atomic mass is 35.5. The van der Waals surface area contributed by atoms with Crippen molar-refractivity contribution < 1.29 is 9.32 Å². The molecule has 1 amide bonds. The van der Waals surface area contributed by atoms with Crippen LogP contribution in [0, 0.1) is 6.92 Å². The minimum atomic E-state index is 0. The molecule has 1 fully saturated rings. The molecule has 26 heavy (non-hydrogen) atoms. The first-order valence-electron chi connectivity index (χ1n) is 8.49. The van der Waals surface area contributed by atoms with Gasteiger partial charge in [0.15, 0.2) is 0 Å². The van der Waals surface area contributed by atoms with Crippen molar-refractivity contribution in [3.05, 3.63) is 47.7 Å². The van der Waals surface area contributed by atoms with E-state index in [1.165, 1.54) is 0 Å². The van der Waals surface area contributed by atoms with E-state index in [1.807, 2.05) is 48.2 Å². The van der Waals surface area contributed by atoms with Crippen LogP contribution in [0.2, 0.25) is 0 Å². The van der Waals surface area contributed by atoms with Gasteiger partial charge in [-0.15, -0.1) is 12.4 Å². The molecule has 4 rings (SSSR count). The van der Waals surface area contributed by atoms with Crippen molar-refractivity contribution >= 4 is 29.4 Å². The standard InChI is InChI=1S/C19H20N4O2.ClH/c1-12-11-20-8-9-23(12)19(24)15-10-16(14-6-4-3-5-7-14)21-18-17(15)13(2)22-25-18;/h3-7,10,12,20H,8-9,11H2,1-2H3;1H/t12-;/m0./s1. The van der Waals surface area contributed by atoms with E-state index >= 15 is 0 Å². The molecular formula is C19H21ClN4O2. The summed E-state index contributed by atoms with van der Waals surface area (Å²) < 4.78 is 5.37. The number of aryl methyl sites for hydroxylation is 1. The fraction of sp³-hybridized carbons (Fsp3) is 0.316. The third-order valence-corrected chi connectivity index (χ3v) is 4.68. The first kappa shape index (κ1) is 18.4. The van der Waals surface area contributed by atoms with Gasteiger partial charge in [-0.25, -0.2) is 4.98 Å². The molecule has 6 nitrogen and oxygen atoms in total. The second kappa shape index (κ2) is 7.43. The number of benzene rings is 1. The normalized spacial score (nSPS) is 17.2. The topological polar surface area (TPSA) is 71.3 Å². The van der Waals surface area contributed by atoms with Crippen LogP contribution in [0.4, 0.5) is 0 Å². The summed E-state index contributed by atoms with van der Waals surface area (Å²) in [4.78, 5) is 19.7. The highest BCUT2D eigenvalue weighted by Crippen LogP contribution is 2.28. The van der Waals surface area contributed by atoms with Crippen LogP contribution in [-0.2, 0) is 0 Å². The Morgan fingerprint density at radius 3 is 2.81 bits per heavy atom. The van der Waals surface area contributed by atoms with Crippen LogP contribution in [0.25, 0.3) is 22.4 Å². The third-order valence-electron chi connectivity index (χ3n) is 4.68. The predicted octanol–water partition coefficient (Wildman–Crippen LogP) is 3.05. The van der Waals surface area contributed by atoms with Gasteiger partial charge in [-0.1, -0.05) is 35.5 Å². The van der Waals surface area contributed by atoms with Crippen molar-refractivity contribution in [2.45, 2.75) is 19.9 Å². The molecule has 1 atom stereocenters. The molecule has 0 radical (unpaired) electrons. The van der Waals surface area contributed by atoms with E-state index in [9.17, 15) is 4.79 Å². The zero-order valence-corrected chi connectivity index (χ0v) is 15.5. The molecule has 136 valence electrons. The number of rotatable bonds is 2. The van der Waals surface area contributed by atoms with Crippen molar-refractivity contribution in [1.82, 2.24) is 20.4 Å². The number of carbonyl (C=O) groups excluding carboxylic acids is 1. The number of aromatic nitrogens is 2. The molecule has 1 aliphatic rings. The summed E-state index contributed by atoms with van der Waals surface area (Å²) in [6.07, 6.45) is 0. The Hall–Kier alpha value is -2.44. The number of piperazine rings is 1. The molecule has 3 aromatic rings. The van der Waals surface area contributed by atoms with Crippen molar-refractivity contribution in [3.8, 4) is 11.3 Å². The lowest BCUT2D eigenvalue weighted by atomic mass is 10.0. The monoisotopic (exact) mass is 372 g/mol. The van der Waals surface area contributed by atoms with Gasteiger partial charge in [-0.2, -0.15) is 0 Å². The summed E-state index contributed by atoms with van der Waals surface area (Å²) in [6.45, 7) is 6.19. The number of halogens is 1. The van der Waals surface area contributed by atoms with Gasteiger partial charge in [0.05, 0.1) is 22.3 Å². The van der Waals surface area contributed by atoms with Gasteiger partial charge >= 0.3 is 0 Å². The number of fused-ring (bicyclic) bond motifs is 1. The summed E-state index contributed by atoms with van der Waals surface area (Å²) >= 11 is 0. The van der Waals surface area contributed by atoms with Gasteiger partial charge in [-0.05, 0) is 19.9 Å². The molecule has 3 heterocycles. The lowest BCUT2D eigenvalue weighted by molar-refractivity contribution is 0.0657. The smallest absolute Gasteiger partial charge is 0.259 e. The second-order valence-corrected chi connectivity index (χ2v) is 6.42. The highest BCUT2D eigenvalue weighted by Gasteiger charge is 2.27. The Kier molecular flexibility index (Phi) is 5.25. The van der Waals surface area contributed by atoms with E-state index in [4.69, 9.17) is 4.52 Å². The van der Waals surface area contributed by atoms with Crippen LogP contribution >= 0.6 is 12.4 Å². The molecule has 7 heteroatoms. The van der Waals surface area contributed by atoms with E-state index < -0.39 is 0 Å². The zero-order chi connectivity index (χ0) is 17.4. The number of nitrogens with one attached hydrogen (secondary N) is 1. The maximum absolute atomic E-state index is 13.3. The summed E-state index contributed by atoms with van der Waals surface area (Å²) in [6, 6.07) is 11.8. The first-order valence-corrected chi connectivity index (χ1v) is 8.49. The van der Waals surface area contributed by atoms with Gasteiger partial charge in [-0.3, -0.25) is 4.79 Å². The van der Waals surface area contributed by atoms with Crippen LogP contribution in [0.5, 0.6) is 0 Å². The van der Waals surface area contributed by atoms with E-state index in [2.05, 4.69) is 22.4 Å². The summed E-state index contributed by atoms with van der Waals surface area (Å²) in [5.41, 5.74) is 3.37. The molecule has 0 spiro atoms. The third kappa shape index (κ3) is 3.18. The van der Waals surface area contributed by atoms with Crippen molar-refractivity contribution in [2.24, 2.45) is 0 Å². The van der Waals surface area contributed by atoms with E-state index in [0.717, 1.165) is 24.3 Å². The maximum atomic E-state index is 13.3. The molecule has 2 aromatic heterocycles. The molecule has 0 aliphatic carbocycles. The van der Waals surface area contributed by atoms with Crippen molar-refractivity contribution in [1.29, 1.82) is 0 Å². The Bertz CT molecular complexity index is 926. The molecular weight excluding hydrogens is 352 g/mol. The lowest BCUT2D eigenvalue weighted by Gasteiger charge is -2.34. The van der Waals surface area contributed by atoms with Crippen molar-refractivity contribution in [2.75, 3.05) is 19.6 Å². The van der Waals surface area contributed by atoms with E-state index in [0.29, 0.717) is 28.9 Å². The summed E-state index contributed by atoms with van der Waals surface area (Å²) in [5, 5.41) is 8.04. The quantitative estimate of drug-likeness (QED) is 0.748. The minimum Gasteiger partial charge on any atom is -0.335 e. The Morgan fingerprint density at radius 1 is 1.31 bits per heavy atom. The van der Waals surface area contributed by atoms with Crippen LogP contribution in [0.15, 0.2) is 40.9 Å². The van der Waals surface area contributed by atoms with E-state index in [-0.39, 0.29) is 24.4 Å². The maximum Gasteiger partial charge on any atom is 0.259 e. The van der Waals surface area contributed by atoms with Gasteiger partial charge < -0.3 is 14.7 Å². The van der Waals surface area contributed by atoms with Crippen LogP contribution in [-0.4, -0.2) is 46.6 Å². The molecule has 0 saturated carbocycles. The second-order valence-electron chi connectivity index (χ2n) is 6.42. The van der Waals surface area contributed by atoms with Crippen LogP contribution in [0.3, 0.4) is 0 Å². The van der Waals surface area contributed by atoms with Crippen LogP contribution < -0.4 is 5.32 Å². The number of hydrogen-bond donors (Lipinski definition) is 1. The van der Waals surface area contributed by atoms with Gasteiger partial charge in [0.25, 0.3) is 11.6 Å². The Morgan fingerprint density at radius 2 is 2.08 bits per heavy atom. The fourth-order valence-corrected chi connectivity index (χ4v) is 3.32. The zero-order valence-electron chi connectivity index (χ0n) is 14.7. The molecule has 1 aromatic carbocycles. The molecule has 0 unspecified atom stereocenters. The van der Waals surface area contributed by atoms with Crippen LogP contribution in [0.1, 0.15) is 23.0 Å². The molecule has 1 N–H and O–H groups in total. The molecule has 1 aliphatic heterocycles. The first-order chi connectivity index (χ1) is 12.1. The van der Waals surface area contributed by atoms with Crippen molar-refractivity contribution in [3.63, 3.8) is 0 Å². The number of amides is 1. The SMILES string of the molecule is Cc1noc2nc(-c3ccccc3)cc(C(=O)N3CCNC[C@@H]3C)c12.Cl. The number of nitrogens with zero attached hydrogens (tertiary/aromatic N) is 3. The average Bonchev–Trinajstić information content (AvgIpc) is 3.03. The average molecular weight is 373 g/mol. The number of hydrogen-bond acceptors (Lipinski definition) is 5. The lowest BCUT2D eigenvalue weighted by Crippen LogP contribution is -2.52. The number of pyridine rings is 1. The summed E-state index contributed by atoms with van der Waals surface area (Å²) in [5.74, 6) is 0.00452. The minimum absolute atomic E-state index is 0. The van der Waals surface area contributed by atoms with Gasteiger partial charge in [0, 0.05) is 31.2 Å². The number of carbonyl (C=O) groups is 1. The highest BCUT2D eigenvalue weighted by molar-refractivity contribution is 6.07. The Balaban J connectivity index is 0.00000196. The largest absolute Gasteiger partial charge is 0.335 e. The van der Waals surface area contributed by atoms with Gasteiger partial charge in [0.2, 0.25) is 0 Å².